The van der Waals surface area contributed by atoms with Gasteiger partial charge in [0, 0.05) is 0 Å². The van der Waals surface area contributed by atoms with Gasteiger partial charge in [0.2, 0.25) is 0 Å². The summed E-state index contributed by atoms with van der Waals surface area (Å²) in [7, 11) is 0. The van der Waals surface area contributed by atoms with Crippen LogP contribution in [0.2, 0.25) is 0 Å². The third-order valence-corrected chi connectivity index (χ3v) is 8.65. The number of hydrogen-bond donors (Lipinski definition) is 0. The highest BCUT2D eigenvalue weighted by Gasteiger charge is 2.55. The van der Waals surface area contributed by atoms with E-state index in [1.807, 2.05) is 0 Å². The third kappa shape index (κ3) is 3.16. The molecule has 6 atom stereocenters. The van der Waals surface area contributed by atoms with Crippen molar-refractivity contribution in [3.63, 3.8) is 0 Å². The summed E-state index contributed by atoms with van der Waals surface area (Å²) in [6, 6.07) is 7.02. The van der Waals surface area contributed by atoms with Crippen molar-refractivity contribution in [1.82, 2.24) is 0 Å². The maximum Gasteiger partial charge on any atom is -0.0182 e. The Morgan fingerprint density at radius 3 is 2.15 bits per heavy atom. The largest absolute Gasteiger partial charge is 0.0619 e. The topological polar surface area (TPSA) is 0 Å². The van der Waals surface area contributed by atoms with Gasteiger partial charge in [0.25, 0.3) is 0 Å². The molecule has 2 aliphatic carbocycles. The Labute approximate surface area is 163 Å². The number of rotatable bonds is 6. The molecule has 26 heavy (non-hydrogen) atoms. The van der Waals surface area contributed by atoms with Crippen LogP contribution < -0.4 is 0 Å². The van der Waals surface area contributed by atoms with Crippen molar-refractivity contribution in [2.24, 2.45) is 29.1 Å². The van der Waals surface area contributed by atoms with Crippen molar-refractivity contribution in [2.45, 2.75) is 98.8 Å². The van der Waals surface area contributed by atoms with Gasteiger partial charge in [0.15, 0.2) is 0 Å². The second-order valence-electron chi connectivity index (χ2n) is 9.74. The van der Waals surface area contributed by atoms with Crippen LogP contribution in [-0.2, 0) is 12.8 Å². The molecule has 0 bridgehead atoms. The fraction of sp³-hybridized carbons (Fsp3) is 0.769. The van der Waals surface area contributed by atoms with E-state index in [2.05, 4.69) is 59.7 Å². The Kier molecular flexibility index (Phi) is 6.20. The van der Waals surface area contributed by atoms with Gasteiger partial charge in [-0.05, 0) is 90.2 Å². The van der Waals surface area contributed by atoms with Gasteiger partial charge in [-0.1, -0.05) is 72.6 Å². The van der Waals surface area contributed by atoms with Crippen molar-refractivity contribution in [3.8, 4) is 0 Å². The Morgan fingerprint density at radius 1 is 0.923 bits per heavy atom. The number of benzene rings is 1. The van der Waals surface area contributed by atoms with E-state index in [0.717, 1.165) is 23.7 Å². The highest BCUT2D eigenvalue weighted by molar-refractivity contribution is 5.38. The van der Waals surface area contributed by atoms with Gasteiger partial charge < -0.3 is 0 Å². The second-order valence-corrected chi connectivity index (χ2v) is 9.74. The van der Waals surface area contributed by atoms with Crippen LogP contribution in [0.1, 0.15) is 103 Å². The zero-order valence-electron chi connectivity index (χ0n) is 18.3. The molecule has 0 heteroatoms. The molecule has 0 aliphatic heterocycles. The molecule has 0 saturated heterocycles. The van der Waals surface area contributed by atoms with E-state index in [-0.39, 0.29) is 0 Å². The van der Waals surface area contributed by atoms with Crippen LogP contribution in [-0.4, -0.2) is 0 Å². The summed E-state index contributed by atoms with van der Waals surface area (Å²) in [5.74, 6) is 4.35. The van der Waals surface area contributed by atoms with Gasteiger partial charge in [-0.3, -0.25) is 0 Å². The minimum Gasteiger partial charge on any atom is -0.0619 e. The lowest BCUT2D eigenvalue weighted by Gasteiger charge is -2.52. The molecule has 4 unspecified atom stereocenters. The summed E-state index contributed by atoms with van der Waals surface area (Å²) in [6.07, 6.45) is 11.1. The monoisotopic (exact) mass is 354 g/mol. The van der Waals surface area contributed by atoms with E-state index in [4.69, 9.17) is 0 Å². The normalized spacial score (nSPS) is 33.7. The summed E-state index contributed by atoms with van der Waals surface area (Å²) in [6.45, 7) is 15.0. The van der Waals surface area contributed by atoms with Crippen LogP contribution in [0.4, 0.5) is 0 Å². The predicted octanol–water partition coefficient (Wildman–Crippen LogP) is 7.79. The summed E-state index contributed by atoms with van der Waals surface area (Å²) in [4.78, 5) is 0. The Bertz CT molecular complexity index is 576. The van der Waals surface area contributed by atoms with Gasteiger partial charge in [-0.25, -0.2) is 0 Å². The maximum absolute atomic E-state index is 2.62. The van der Waals surface area contributed by atoms with Gasteiger partial charge in [-0.15, -0.1) is 0 Å². The van der Waals surface area contributed by atoms with Crippen LogP contribution in [0.25, 0.3) is 0 Å². The molecule has 0 amide bonds. The summed E-state index contributed by atoms with van der Waals surface area (Å²) in [5, 5.41) is 0. The van der Waals surface area contributed by atoms with Gasteiger partial charge in [-0.2, -0.15) is 0 Å². The fourth-order valence-corrected chi connectivity index (χ4v) is 7.70. The standard InChI is InChI=1S/C26H42/c1-7-22-12-10-13-23(8-2)25(22)18(3)17-21(6)26-19(4)11-9-14-24(26)16-15-20(26)5/h10,12-13,18-21,24H,7-9,11,14-17H2,1-6H3/t18-,19-,20?,21?,24?,26?/m0/s1. The van der Waals surface area contributed by atoms with E-state index in [1.165, 1.54) is 51.4 Å². The van der Waals surface area contributed by atoms with Crippen molar-refractivity contribution in [2.75, 3.05) is 0 Å². The first-order valence-corrected chi connectivity index (χ1v) is 11.6. The third-order valence-electron chi connectivity index (χ3n) is 8.65. The first kappa shape index (κ1) is 20.0. The second kappa shape index (κ2) is 8.07. The van der Waals surface area contributed by atoms with Gasteiger partial charge in [0.1, 0.15) is 0 Å². The minimum absolute atomic E-state index is 0.611. The van der Waals surface area contributed by atoms with Crippen molar-refractivity contribution >= 4 is 0 Å². The highest BCUT2D eigenvalue weighted by atomic mass is 14.6. The molecule has 0 nitrogen and oxygen atoms in total. The molecule has 3 rings (SSSR count). The fourth-order valence-electron chi connectivity index (χ4n) is 7.70. The van der Waals surface area contributed by atoms with Gasteiger partial charge in [0.05, 0.1) is 0 Å². The molecule has 2 fully saturated rings. The van der Waals surface area contributed by atoms with Crippen molar-refractivity contribution in [3.05, 3.63) is 34.9 Å². The van der Waals surface area contributed by atoms with Crippen LogP contribution >= 0.6 is 0 Å². The zero-order valence-corrected chi connectivity index (χ0v) is 18.3. The lowest BCUT2D eigenvalue weighted by atomic mass is 9.52. The van der Waals surface area contributed by atoms with Crippen LogP contribution in [0, 0.1) is 29.1 Å². The van der Waals surface area contributed by atoms with E-state index in [9.17, 15) is 0 Å². The van der Waals surface area contributed by atoms with Gasteiger partial charge >= 0.3 is 0 Å². The van der Waals surface area contributed by atoms with Crippen molar-refractivity contribution < 1.29 is 0 Å². The average Bonchev–Trinajstić information content (AvgIpc) is 2.99. The molecule has 0 heterocycles. The molecule has 146 valence electrons. The summed E-state index contributed by atoms with van der Waals surface area (Å²) < 4.78 is 0. The van der Waals surface area contributed by atoms with Crippen molar-refractivity contribution in [1.29, 1.82) is 0 Å². The molecule has 0 spiro atoms. The lowest BCUT2D eigenvalue weighted by Crippen LogP contribution is -2.46. The summed E-state index contributed by atoms with van der Waals surface area (Å²) >= 11 is 0. The van der Waals surface area contributed by atoms with Crippen LogP contribution in [0.3, 0.4) is 0 Å². The van der Waals surface area contributed by atoms with E-state index < -0.39 is 0 Å². The lowest BCUT2D eigenvalue weighted by molar-refractivity contribution is -0.0367. The van der Waals surface area contributed by atoms with Crippen LogP contribution in [0.5, 0.6) is 0 Å². The Hall–Kier alpha value is -0.780. The van der Waals surface area contributed by atoms with E-state index in [0.29, 0.717) is 11.3 Å². The highest BCUT2D eigenvalue weighted by Crippen LogP contribution is 2.63. The van der Waals surface area contributed by atoms with E-state index >= 15 is 0 Å². The average molecular weight is 355 g/mol. The molecule has 0 radical (unpaired) electrons. The molecular weight excluding hydrogens is 312 g/mol. The summed E-state index contributed by atoms with van der Waals surface area (Å²) in [5.41, 5.74) is 5.48. The molecular formula is C26H42. The molecule has 0 aromatic heterocycles. The quantitative estimate of drug-likeness (QED) is 0.489. The molecule has 2 saturated carbocycles. The predicted molar refractivity (Wildman–Crippen MR) is 115 cm³/mol. The Morgan fingerprint density at radius 2 is 1.54 bits per heavy atom. The van der Waals surface area contributed by atoms with Crippen LogP contribution in [0.15, 0.2) is 18.2 Å². The maximum atomic E-state index is 2.62. The first-order chi connectivity index (χ1) is 12.5. The molecule has 1 aromatic rings. The Balaban J connectivity index is 1.89. The molecule has 1 aromatic carbocycles. The number of hydrogen-bond acceptors (Lipinski definition) is 0. The minimum atomic E-state index is 0.611. The number of fused-ring (bicyclic) bond motifs is 1. The zero-order chi connectivity index (χ0) is 18.9. The molecule has 2 aliphatic rings. The first-order valence-electron chi connectivity index (χ1n) is 11.6. The smallest absolute Gasteiger partial charge is 0.0182 e. The molecule has 0 N–H and O–H groups in total. The number of aryl methyl sites for hydroxylation is 2. The SMILES string of the molecule is CCc1cccc(CC)c1[C@@H](C)CC(C)C12C(C)CCC1CCC[C@@H]2C. The van der Waals surface area contributed by atoms with E-state index in [1.54, 1.807) is 16.7 Å².